The molecule has 4 rings (SSSR count). The van der Waals surface area contributed by atoms with Gasteiger partial charge < -0.3 is 14.8 Å². The summed E-state index contributed by atoms with van der Waals surface area (Å²) >= 11 is 9.46. The molecule has 1 aliphatic heterocycles. The van der Waals surface area contributed by atoms with Crippen LogP contribution in [-0.2, 0) is 17.9 Å². The van der Waals surface area contributed by atoms with E-state index in [0.29, 0.717) is 33.2 Å². The summed E-state index contributed by atoms with van der Waals surface area (Å²) in [4.78, 5) is 26.5. The van der Waals surface area contributed by atoms with Crippen LogP contribution in [0.25, 0.3) is 6.08 Å². The molecule has 3 aromatic rings. The van der Waals surface area contributed by atoms with Crippen LogP contribution in [0.15, 0.2) is 70.8 Å². The summed E-state index contributed by atoms with van der Waals surface area (Å²) in [6, 6.07) is 18.2. The number of methoxy groups -OCH3 is 1. The Morgan fingerprint density at radius 3 is 2.38 bits per heavy atom. The number of carbonyl (C=O) groups is 2. The maximum absolute atomic E-state index is 12.9. The van der Waals surface area contributed by atoms with E-state index in [1.165, 1.54) is 4.90 Å². The predicted octanol–water partition coefficient (Wildman–Crippen LogP) is 6.09. The van der Waals surface area contributed by atoms with Gasteiger partial charge in [0.15, 0.2) is 11.5 Å². The first-order valence-corrected chi connectivity index (χ1v) is 11.7. The van der Waals surface area contributed by atoms with Gasteiger partial charge in [-0.25, -0.2) is 4.79 Å². The number of halogens is 2. The van der Waals surface area contributed by atoms with Gasteiger partial charge in [0.1, 0.15) is 12.3 Å². The lowest BCUT2D eigenvalue weighted by molar-refractivity contribution is -0.123. The first-order chi connectivity index (χ1) is 16.3. The Morgan fingerprint density at radius 2 is 1.71 bits per heavy atom. The zero-order valence-electron chi connectivity index (χ0n) is 18.6. The van der Waals surface area contributed by atoms with E-state index in [-0.39, 0.29) is 18.1 Å². The van der Waals surface area contributed by atoms with Crippen LogP contribution in [0.4, 0.5) is 4.79 Å². The Kier molecular flexibility index (Phi) is 7.24. The monoisotopic (exact) mass is 540 g/mol. The van der Waals surface area contributed by atoms with Crippen molar-refractivity contribution in [1.82, 2.24) is 10.2 Å². The zero-order valence-corrected chi connectivity index (χ0v) is 20.9. The van der Waals surface area contributed by atoms with Gasteiger partial charge in [-0.05, 0) is 69.9 Å². The van der Waals surface area contributed by atoms with E-state index in [0.717, 1.165) is 16.7 Å². The summed E-state index contributed by atoms with van der Waals surface area (Å²) < 4.78 is 12.1. The fourth-order valence-electron chi connectivity index (χ4n) is 3.46. The molecule has 0 bridgehead atoms. The average Bonchev–Trinajstić information content (AvgIpc) is 3.07. The SMILES string of the molecule is COc1cc(/C=C2/NC(=O)N(Cc3ccc(C)cc3)C2=O)cc(Br)c1OCc1ccc(Cl)cc1. The van der Waals surface area contributed by atoms with Crippen LogP contribution in [0.1, 0.15) is 22.3 Å². The molecule has 1 aliphatic rings. The molecule has 0 aromatic heterocycles. The second kappa shape index (κ2) is 10.3. The van der Waals surface area contributed by atoms with Gasteiger partial charge in [-0.3, -0.25) is 9.69 Å². The number of imide groups is 1. The van der Waals surface area contributed by atoms with E-state index in [9.17, 15) is 9.59 Å². The number of amides is 3. The molecule has 0 radical (unpaired) electrons. The molecule has 3 amide bonds. The molecule has 0 aliphatic carbocycles. The number of rotatable bonds is 7. The molecule has 0 unspecified atom stereocenters. The highest BCUT2D eigenvalue weighted by Crippen LogP contribution is 2.38. The van der Waals surface area contributed by atoms with E-state index in [2.05, 4.69) is 21.2 Å². The van der Waals surface area contributed by atoms with Gasteiger partial charge in [0.05, 0.1) is 18.1 Å². The molecule has 3 aromatic carbocycles. The number of urea groups is 1. The van der Waals surface area contributed by atoms with Crippen LogP contribution < -0.4 is 14.8 Å². The normalized spacial score (nSPS) is 14.5. The summed E-state index contributed by atoms with van der Waals surface area (Å²) in [5, 5.41) is 3.32. The number of hydrogen-bond acceptors (Lipinski definition) is 4. The molecule has 0 saturated carbocycles. The van der Waals surface area contributed by atoms with Crippen LogP contribution in [0.5, 0.6) is 11.5 Å². The maximum atomic E-state index is 12.9. The third-order valence-electron chi connectivity index (χ3n) is 5.28. The van der Waals surface area contributed by atoms with E-state index in [4.69, 9.17) is 21.1 Å². The summed E-state index contributed by atoms with van der Waals surface area (Å²) in [5.74, 6) is 0.634. The molecular formula is C26H22BrClN2O4. The lowest BCUT2D eigenvalue weighted by atomic mass is 10.1. The highest BCUT2D eigenvalue weighted by atomic mass is 79.9. The van der Waals surface area contributed by atoms with Crippen LogP contribution in [0.3, 0.4) is 0 Å². The quantitative estimate of drug-likeness (QED) is 0.290. The number of nitrogens with one attached hydrogen (secondary N) is 1. The molecule has 8 heteroatoms. The van der Waals surface area contributed by atoms with Crippen molar-refractivity contribution in [2.45, 2.75) is 20.1 Å². The van der Waals surface area contributed by atoms with Crippen LogP contribution in [0, 0.1) is 6.92 Å². The first-order valence-electron chi connectivity index (χ1n) is 10.5. The number of aryl methyl sites for hydroxylation is 1. The minimum atomic E-state index is -0.453. The molecule has 6 nitrogen and oxygen atoms in total. The lowest BCUT2D eigenvalue weighted by Crippen LogP contribution is -2.30. The van der Waals surface area contributed by atoms with Crippen molar-refractivity contribution in [1.29, 1.82) is 0 Å². The van der Waals surface area contributed by atoms with E-state index in [1.807, 2.05) is 43.3 Å². The fourth-order valence-corrected chi connectivity index (χ4v) is 4.16. The van der Waals surface area contributed by atoms with Crippen molar-refractivity contribution in [3.05, 3.63) is 98.1 Å². The van der Waals surface area contributed by atoms with Crippen LogP contribution in [-0.4, -0.2) is 23.9 Å². The van der Waals surface area contributed by atoms with Crippen molar-refractivity contribution in [3.63, 3.8) is 0 Å². The third kappa shape index (κ3) is 5.43. The van der Waals surface area contributed by atoms with Crippen molar-refractivity contribution in [3.8, 4) is 11.5 Å². The number of hydrogen-bond donors (Lipinski definition) is 1. The largest absolute Gasteiger partial charge is 0.493 e. The number of carbonyl (C=O) groups excluding carboxylic acids is 2. The summed E-state index contributed by atoms with van der Waals surface area (Å²) in [5.41, 5.74) is 3.81. The highest BCUT2D eigenvalue weighted by molar-refractivity contribution is 9.10. The molecule has 1 fully saturated rings. The average molecular weight is 542 g/mol. The minimum absolute atomic E-state index is 0.195. The van der Waals surface area contributed by atoms with Gasteiger partial charge in [0.25, 0.3) is 5.91 Å². The summed E-state index contributed by atoms with van der Waals surface area (Å²) in [6.07, 6.45) is 1.62. The Labute approximate surface area is 211 Å². The molecule has 1 heterocycles. The zero-order chi connectivity index (χ0) is 24.2. The van der Waals surface area contributed by atoms with Gasteiger partial charge in [-0.2, -0.15) is 0 Å². The standard InChI is InChI=1S/C26H22BrClN2O4/c1-16-3-5-17(6-4-16)14-30-25(31)22(29-26(30)32)12-19-11-21(27)24(23(13-19)33-2)34-15-18-7-9-20(28)10-8-18/h3-13H,14-15H2,1-2H3,(H,29,32)/b22-12+. The minimum Gasteiger partial charge on any atom is -0.493 e. The van der Waals surface area contributed by atoms with Gasteiger partial charge in [-0.15, -0.1) is 0 Å². The smallest absolute Gasteiger partial charge is 0.329 e. The van der Waals surface area contributed by atoms with Crippen LogP contribution in [0.2, 0.25) is 5.02 Å². The molecule has 174 valence electrons. The van der Waals surface area contributed by atoms with Crippen molar-refractivity contribution in [2.24, 2.45) is 0 Å². The Bertz CT molecular complexity index is 1260. The Balaban J connectivity index is 1.52. The molecule has 34 heavy (non-hydrogen) atoms. The lowest BCUT2D eigenvalue weighted by Gasteiger charge is -2.14. The fraction of sp³-hybridized carbons (Fsp3) is 0.154. The topological polar surface area (TPSA) is 67.9 Å². The second-order valence-electron chi connectivity index (χ2n) is 7.81. The molecule has 0 spiro atoms. The van der Waals surface area contributed by atoms with Crippen LogP contribution >= 0.6 is 27.5 Å². The number of nitrogens with zero attached hydrogens (tertiary/aromatic N) is 1. The van der Waals surface area contributed by atoms with Gasteiger partial charge in [-0.1, -0.05) is 53.6 Å². The van der Waals surface area contributed by atoms with Gasteiger partial charge in [0, 0.05) is 5.02 Å². The summed E-state index contributed by atoms with van der Waals surface area (Å²) in [7, 11) is 1.54. The molecular weight excluding hydrogens is 520 g/mol. The molecule has 0 atom stereocenters. The molecule has 1 saturated heterocycles. The Hall–Kier alpha value is -3.29. The Morgan fingerprint density at radius 1 is 1.03 bits per heavy atom. The van der Waals surface area contributed by atoms with Gasteiger partial charge >= 0.3 is 6.03 Å². The summed E-state index contributed by atoms with van der Waals surface area (Å²) in [6.45, 7) is 2.51. The van der Waals surface area contributed by atoms with Crippen molar-refractivity contribution < 1.29 is 19.1 Å². The third-order valence-corrected chi connectivity index (χ3v) is 6.12. The van der Waals surface area contributed by atoms with E-state index < -0.39 is 6.03 Å². The second-order valence-corrected chi connectivity index (χ2v) is 9.11. The van der Waals surface area contributed by atoms with Crippen molar-refractivity contribution in [2.75, 3.05) is 7.11 Å². The number of ether oxygens (including phenoxy) is 2. The first kappa shape index (κ1) is 23.9. The van der Waals surface area contributed by atoms with E-state index >= 15 is 0 Å². The maximum Gasteiger partial charge on any atom is 0.329 e. The highest BCUT2D eigenvalue weighted by Gasteiger charge is 2.33. The van der Waals surface area contributed by atoms with Gasteiger partial charge in [0.2, 0.25) is 0 Å². The van der Waals surface area contributed by atoms with E-state index in [1.54, 1.807) is 37.5 Å². The number of benzene rings is 3. The molecule has 1 N–H and O–H groups in total. The van der Waals surface area contributed by atoms with Crippen molar-refractivity contribution >= 4 is 45.5 Å². The predicted molar refractivity (Wildman–Crippen MR) is 135 cm³/mol.